The number of hydrogen-bond donors (Lipinski definition) is 5. The number of unbranched alkanes of at least 4 members (excludes halogenated alkanes) is 2. The van der Waals surface area contributed by atoms with Crippen molar-refractivity contribution in [2.45, 2.75) is 88.9 Å². The molecule has 1 aliphatic heterocycles. The number of carboxylic acid groups (broad SMARTS) is 1. The number of carbonyl (C=O) groups excluding carboxylic acids is 2. The molecule has 180 valence electrons. The molecule has 2 unspecified atom stereocenters. The van der Waals surface area contributed by atoms with Crippen molar-refractivity contribution in [2.24, 2.45) is 11.5 Å². The minimum Gasteiger partial charge on any atom is -0.480 e. The highest BCUT2D eigenvalue weighted by atomic mass is 31.1. The number of amides is 2. The molecule has 11 nitrogen and oxygen atoms in total. The molecule has 0 aliphatic carbocycles. The van der Waals surface area contributed by atoms with Gasteiger partial charge in [-0.3, -0.25) is 14.2 Å². The van der Waals surface area contributed by atoms with Gasteiger partial charge in [0.2, 0.25) is 19.4 Å². The number of carboxylic acids is 1. The van der Waals surface area contributed by atoms with E-state index in [1.54, 1.807) is 0 Å². The Kier molecular flexibility index (Phi) is 11.6. The van der Waals surface area contributed by atoms with Gasteiger partial charge in [-0.05, 0) is 45.6 Å². The van der Waals surface area contributed by atoms with Crippen LogP contribution in [0.15, 0.2) is 0 Å². The summed E-state index contributed by atoms with van der Waals surface area (Å²) in [5, 5.41) is 22.5. The van der Waals surface area contributed by atoms with Gasteiger partial charge in [-0.1, -0.05) is 19.8 Å². The molecule has 1 aliphatic rings. The second kappa shape index (κ2) is 13.1. The molecule has 0 aromatic heterocycles. The number of hydrogen-bond acceptors (Lipinski definition) is 8. The fraction of sp³-hybridized carbons (Fsp3) is 0.842. The fourth-order valence-corrected chi connectivity index (χ4v) is 4.64. The zero-order valence-electron chi connectivity index (χ0n) is 18.3. The van der Waals surface area contributed by atoms with Crippen molar-refractivity contribution in [1.82, 2.24) is 10.2 Å². The molecule has 1 saturated heterocycles. The lowest BCUT2D eigenvalue weighted by atomic mass is 10.1. The first-order valence-corrected chi connectivity index (χ1v) is 12.1. The van der Waals surface area contributed by atoms with E-state index < -0.39 is 49.5 Å². The van der Waals surface area contributed by atoms with Gasteiger partial charge in [0.25, 0.3) is 5.91 Å². The van der Waals surface area contributed by atoms with Crippen LogP contribution in [-0.2, 0) is 23.5 Å². The van der Waals surface area contributed by atoms with Crippen molar-refractivity contribution in [3.8, 4) is 0 Å². The van der Waals surface area contributed by atoms with Gasteiger partial charge >= 0.3 is 5.97 Å². The third kappa shape index (κ3) is 8.16. The van der Waals surface area contributed by atoms with Crippen LogP contribution in [0.4, 0.5) is 0 Å². The zero-order chi connectivity index (χ0) is 23.6. The van der Waals surface area contributed by atoms with E-state index >= 15 is 0 Å². The van der Waals surface area contributed by atoms with E-state index in [0.717, 1.165) is 0 Å². The van der Waals surface area contributed by atoms with Crippen LogP contribution >= 0.6 is 8.03 Å². The summed E-state index contributed by atoms with van der Waals surface area (Å²) < 4.78 is 18.2. The SMILES string of the molecule is CCCC[C@@](O)(NC(=O)[C@@H](N)CCCCN)[PH](=O)OC(C)C(=O)N1CCC[C@H]1C(=O)O. The van der Waals surface area contributed by atoms with Crippen LogP contribution in [0.25, 0.3) is 0 Å². The summed E-state index contributed by atoms with van der Waals surface area (Å²) in [6, 6.07) is -1.86. The first kappa shape index (κ1) is 27.5. The quantitative estimate of drug-likeness (QED) is 0.137. The van der Waals surface area contributed by atoms with E-state index in [-0.39, 0.29) is 13.0 Å². The highest BCUT2D eigenvalue weighted by Gasteiger charge is 2.41. The van der Waals surface area contributed by atoms with Gasteiger partial charge in [-0.15, -0.1) is 0 Å². The number of aliphatic carboxylic acids is 1. The van der Waals surface area contributed by atoms with Gasteiger partial charge in [0.1, 0.15) is 12.1 Å². The number of nitrogens with zero attached hydrogens (tertiary/aromatic N) is 1. The number of carbonyl (C=O) groups is 3. The summed E-state index contributed by atoms with van der Waals surface area (Å²) in [6.07, 6.45) is 2.41. The topological polar surface area (TPSA) is 185 Å². The predicted molar refractivity (Wildman–Crippen MR) is 115 cm³/mol. The molecule has 0 radical (unpaired) electrons. The van der Waals surface area contributed by atoms with E-state index in [2.05, 4.69) is 5.32 Å². The van der Waals surface area contributed by atoms with Crippen molar-refractivity contribution in [3.05, 3.63) is 0 Å². The molecule has 5 atom stereocenters. The van der Waals surface area contributed by atoms with Crippen LogP contribution in [0.3, 0.4) is 0 Å². The van der Waals surface area contributed by atoms with Gasteiger partial charge in [0.15, 0.2) is 0 Å². The monoisotopic (exact) mass is 464 g/mol. The van der Waals surface area contributed by atoms with Crippen LogP contribution in [0.1, 0.15) is 65.2 Å². The second-order valence-electron chi connectivity index (χ2n) is 7.92. The maximum Gasteiger partial charge on any atom is 0.326 e. The smallest absolute Gasteiger partial charge is 0.326 e. The lowest BCUT2D eigenvalue weighted by molar-refractivity contribution is -0.151. The van der Waals surface area contributed by atoms with E-state index in [0.29, 0.717) is 51.5 Å². The Morgan fingerprint density at radius 3 is 2.58 bits per heavy atom. The van der Waals surface area contributed by atoms with Crippen LogP contribution in [-0.4, -0.2) is 69.6 Å². The van der Waals surface area contributed by atoms with Crippen LogP contribution in [0, 0.1) is 0 Å². The van der Waals surface area contributed by atoms with Crippen LogP contribution in [0.5, 0.6) is 0 Å². The molecule has 0 aromatic carbocycles. The van der Waals surface area contributed by atoms with Gasteiger partial charge in [0.05, 0.1) is 6.04 Å². The number of aliphatic hydroxyl groups is 1. The van der Waals surface area contributed by atoms with Crippen molar-refractivity contribution in [3.63, 3.8) is 0 Å². The second-order valence-corrected chi connectivity index (χ2v) is 9.56. The maximum atomic E-state index is 12.9. The van der Waals surface area contributed by atoms with E-state index in [1.807, 2.05) is 6.92 Å². The Balaban J connectivity index is 2.82. The molecule has 2 amide bonds. The van der Waals surface area contributed by atoms with Gasteiger partial charge in [0, 0.05) is 13.0 Å². The molecule has 31 heavy (non-hydrogen) atoms. The van der Waals surface area contributed by atoms with Gasteiger partial charge in [-0.2, -0.15) is 0 Å². The molecule has 0 saturated carbocycles. The molecular formula is C19H37N4O7P. The highest BCUT2D eigenvalue weighted by molar-refractivity contribution is 7.40. The van der Waals surface area contributed by atoms with Crippen molar-refractivity contribution >= 4 is 25.8 Å². The standard InChI is InChI=1S/C19H37N4O7P/c1-3-4-10-19(28,22-16(24)14(21)8-5-6-11-20)31(29)30-13(2)17(25)23-12-7-9-15(23)18(26)27/h13-15,28,31H,3-12,20-21H2,1-2H3,(H,22,24)(H,26,27)/t13?,14-,15-,19-/m0/s1. The van der Waals surface area contributed by atoms with E-state index in [1.165, 1.54) is 11.8 Å². The molecular weight excluding hydrogens is 427 g/mol. The summed E-state index contributed by atoms with van der Waals surface area (Å²) in [5.74, 6) is -2.39. The largest absolute Gasteiger partial charge is 0.480 e. The first-order valence-electron chi connectivity index (χ1n) is 10.8. The van der Waals surface area contributed by atoms with Crippen LogP contribution < -0.4 is 16.8 Å². The average Bonchev–Trinajstić information content (AvgIpc) is 3.21. The van der Waals surface area contributed by atoms with Crippen molar-refractivity contribution in [1.29, 1.82) is 0 Å². The number of nitrogens with two attached hydrogens (primary N) is 2. The van der Waals surface area contributed by atoms with Gasteiger partial charge < -0.3 is 36.4 Å². The summed E-state index contributed by atoms with van der Waals surface area (Å²) in [6.45, 7) is 3.95. The van der Waals surface area contributed by atoms with E-state index in [4.69, 9.17) is 16.0 Å². The fourth-order valence-electron chi connectivity index (χ4n) is 3.41. The minimum absolute atomic E-state index is 0.0368. The summed E-state index contributed by atoms with van der Waals surface area (Å²) in [5.41, 5.74) is 9.13. The first-order chi connectivity index (χ1) is 14.6. The van der Waals surface area contributed by atoms with Crippen molar-refractivity contribution in [2.75, 3.05) is 13.1 Å². The molecule has 1 rings (SSSR count). The average molecular weight is 465 g/mol. The lowest BCUT2D eigenvalue weighted by Gasteiger charge is -2.31. The molecule has 0 bridgehead atoms. The van der Waals surface area contributed by atoms with E-state index in [9.17, 15) is 29.2 Å². The molecule has 1 fully saturated rings. The maximum absolute atomic E-state index is 12.9. The van der Waals surface area contributed by atoms with Gasteiger partial charge in [-0.25, -0.2) is 4.79 Å². The molecule has 12 heteroatoms. The lowest BCUT2D eigenvalue weighted by Crippen LogP contribution is -2.52. The number of likely N-dealkylation sites (tertiary alicyclic amines) is 1. The highest BCUT2D eigenvalue weighted by Crippen LogP contribution is 2.41. The summed E-state index contributed by atoms with van der Waals surface area (Å²) in [4.78, 5) is 37.6. The number of nitrogens with one attached hydrogen (secondary N) is 1. The molecule has 7 N–H and O–H groups in total. The minimum atomic E-state index is -3.36. The third-order valence-corrected chi connectivity index (χ3v) is 6.94. The van der Waals surface area contributed by atoms with Crippen LogP contribution in [0.2, 0.25) is 0 Å². The predicted octanol–water partition coefficient (Wildman–Crippen LogP) is 0.351. The normalized spacial score (nSPS) is 21.2. The zero-order valence-corrected chi connectivity index (χ0v) is 19.3. The van der Waals surface area contributed by atoms with Crippen molar-refractivity contribution < 1.29 is 33.7 Å². The summed E-state index contributed by atoms with van der Waals surface area (Å²) >= 11 is 0. The molecule has 1 heterocycles. The number of rotatable bonds is 14. The molecule has 0 aromatic rings. The Labute approximate surface area is 183 Å². The molecule has 0 spiro atoms. The summed E-state index contributed by atoms with van der Waals surface area (Å²) in [7, 11) is -3.36. The Morgan fingerprint density at radius 1 is 1.32 bits per heavy atom. The Hall–Kier alpha value is -1.52. The Morgan fingerprint density at radius 2 is 2.00 bits per heavy atom. The third-order valence-electron chi connectivity index (χ3n) is 5.32. The Bertz CT molecular complexity index is 651.